The summed E-state index contributed by atoms with van der Waals surface area (Å²) < 4.78 is 49.2. The van der Waals surface area contributed by atoms with E-state index in [1.807, 2.05) is 90.2 Å². The Morgan fingerprint density at radius 3 is 1.10 bits per heavy atom. The molecule has 2 aromatic heterocycles. The van der Waals surface area contributed by atoms with Crippen LogP contribution in [0.25, 0.3) is 95.3 Å². The summed E-state index contributed by atoms with van der Waals surface area (Å²) >= 11 is 3.57. The van der Waals surface area contributed by atoms with E-state index in [9.17, 15) is 2.74 Å². The van der Waals surface area contributed by atoms with Crippen LogP contribution in [0, 0.1) is 0 Å². The predicted octanol–water partition coefficient (Wildman–Crippen LogP) is 38.2. The summed E-state index contributed by atoms with van der Waals surface area (Å²) in [5, 5.41) is 9.27. The zero-order valence-corrected chi connectivity index (χ0v) is 78.2. The normalized spacial score (nSPS) is 12.5. The molecule has 1 aliphatic rings. The summed E-state index contributed by atoms with van der Waals surface area (Å²) in [6.45, 7) is 11.6. The molecule has 0 N–H and O–H groups in total. The number of nitrogens with zero attached hydrogens (tertiary/aromatic N) is 6. The Balaban J connectivity index is 0.000000158. The minimum absolute atomic E-state index is 0.00686. The van der Waals surface area contributed by atoms with Crippen molar-refractivity contribution in [2.24, 2.45) is 0 Å². The third kappa shape index (κ3) is 16.3. The number of hydrogen-bond acceptors (Lipinski definition) is 8. The van der Waals surface area contributed by atoms with Crippen LogP contribution in [-0.4, -0.2) is 0 Å². The van der Waals surface area contributed by atoms with Crippen LogP contribution in [0.15, 0.2) is 503 Å². The third-order valence-electron chi connectivity index (χ3n) is 26.6. The topological polar surface area (TPSA) is 19.4 Å². The Morgan fingerprint density at radius 2 is 0.569 bits per heavy atom. The average molecular weight is 1800 g/mol. The van der Waals surface area contributed by atoms with Crippen molar-refractivity contribution in [3.05, 3.63) is 520 Å². The lowest BCUT2D eigenvalue weighted by molar-refractivity contribution is 0.590. The Hall–Kier alpha value is -16.6. The lowest BCUT2D eigenvalue weighted by Crippen LogP contribution is -2.17. The zero-order chi connectivity index (χ0) is 96.4. The van der Waals surface area contributed by atoms with E-state index in [2.05, 4.69) is 453 Å². The van der Waals surface area contributed by atoms with Crippen molar-refractivity contribution in [3.8, 4) is 33.4 Å². The molecular formula is C129H98N6S2. The van der Waals surface area contributed by atoms with E-state index in [1.54, 1.807) is 16.2 Å². The van der Waals surface area contributed by atoms with Gasteiger partial charge in [-0.05, 0) is 272 Å². The summed E-state index contributed by atoms with van der Waals surface area (Å²) in [4.78, 5) is 13.6. The van der Waals surface area contributed by atoms with Crippen molar-refractivity contribution >= 4 is 187 Å². The number of thiophene rings is 2. The maximum absolute atomic E-state index is 9.26. The highest BCUT2D eigenvalue weighted by Gasteiger charge is 2.37. The summed E-state index contributed by atoms with van der Waals surface area (Å²) in [6, 6.07) is 167. The lowest BCUT2D eigenvalue weighted by atomic mass is 9.82. The molecule has 0 amide bonds. The van der Waals surface area contributed by atoms with Gasteiger partial charge in [-0.15, -0.1) is 22.7 Å². The molecular weight excluding hydrogens is 1700 g/mol. The zero-order valence-electron chi connectivity index (χ0n) is 81.5. The number of rotatable bonds is 20. The largest absolute Gasteiger partial charge is 0.310 e. The van der Waals surface area contributed by atoms with E-state index in [-0.39, 0.29) is 28.6 Å². The highest BCUT2D eigenvalue weighted by Crippen LogP contribution is 2.55. The smallest absolute Gasteiger partial charge is 0.0645 e. The molecule has 0 spiro atoms. The van der Waals surface area contributed by atoms with Crippen LogP contribution in [0.5, 0.6) is 0 Å². The van der Waals surface area contributed by atoms with Gasteiger partial charge in [0.2, 0.25) is 0 Å². The molecule has 2 heterocycles. The van der Waals surface area contributed by atoms with Crippen LogP contribution in [0.2, 0.25) is 0 Å². The molecule has 0 atom stereocenters. The first kappa shape index (κ1) is 79.0. The number of hydrogen-bond donors (Lipinski definition) is 0. The summed E-state index contributed by atoms with van der Waals surface area (Å²) in [5.41, 5.74) is 28.4. The van der Waals surface area contributed by atoms with E-state index in [4.69, 9.17) is 4.11 Å². The van der Waals surface area contributed by atoms with Gasteiger partial charge in [-0.3, -0.25) is 0 Å². The fourth-order valence-corrected chi connectivity index (χ4v) is 22.1. The molecule has 1 aliphatic carbocycles. The molecule has 137 heavy (non-hydrogen) atoms. The van der Waals surface area contributed by atoms with Crippen LogP contribution in [-0.2, 0) is 10.8 Å². The molecule has 8 heteroatoms. The fraction of sp³-hybridized carbons (Fsp3) is 0.0543. The molecule has 0 bridgehead atoms. The first-order valence-corrected chi connectivity index (χ1v) is 48.3. The third-order valence-corrected chi connectivity index (χ3v) is 28.9. The Labute approximate surface area is 816 Å². The van der Waals surface area contributed by atoms with Gasteiger partial charge in [0.25, 0.3) is 0 Å². The van der Waals surface area contributed by atoms with E-state index >= 15 is 0 Å². The number of benzene rings is 21. The number of anilines is 18. The Bertz CT molecular complexity index is 8620. The first-order chi connectivity index (χ1) is 69.4. The SMILES string of the molecule is CC(C)(C)c1cccc(N(c2ccc3c(c2)C(C)(C)c2ccccc2-3)c2ccc3c(c2)sc2ccc(N(c4cccc5ccccc45)c4cc(N(c5ccccc5)c5ccccc5)cc5ccccc45)cc23)c1.[2H]c1c([2H])c([2H])c(N(c2cccc(N(c3ccccc3)c3ccc(-c4ccccc4)cc3)c2)c2ccc3sc4cc(N(c5ccccc5)c5ccc(-c6ccccc6)cc5)ccc4c3c2)c([2H])c1[2H]. The van der Waals surface area contributed by atoms with Gasteiger partial charge >= 0.3 is 0 Å². The van der Waals surface area contributed by atoms with E-state index in [0.717, 1.165) is 122 Å². The van der Waals surface area contributed by atoms with Gasteiger partial charge in [0.05, 0.1) is 18.2 Å². The fourth-order valence-electron chi connectivity index (χ4n) is 19.9. The van der Waals surface area contributed by atoms with Gasteiger partial charge in [-0.25, -0.2) is 0 Å². The van der Waals surface area contributed by atoms with Gasteiger partial charge in [-0.1, -0.05) is 332 Å². The van der Waals surface area contributed by atoms with Gasteiger partial charge in [-0.2, -0.15) is 0 Å². The summed E-state index contributed by atoms with van der Waals surface area (Å²) in [7, 11) is 0. The van der Waals surface area contributed by atoms with E-state index in [1.165, 1.54) is 75.1 Å². The van der Waals surface area contributed by atoms with Crippen LogP contribution < -0.4 is 29.4 Å². The molecule has 24 rings (SSSR count). The molecule has 0 unspecified atom stereocenters. The highest BCUT2D eigenvalue weighted by molar-refractivity contribution is 7.26. The van der Waals surface area contributed by atoms with E-state index < -0.39 is 18.1 Å². The van der Waals surface area contributed by atoms with Crippen LogP contribution in [0.3, 0.4) is 0 Å². The number of fused-ring (bicyclic) bond motifs is 11. The minimum Gasteiger partial charge on any atom is -0.310 e. The van der Waals surface area contributed by atoms with Gasteiger partial charge < -0.3 is 29.4 Å². The molecule has 21 aromatic carbocycles. The molecule has 0 aliphatic heterocycles. The minimum atomic E-state index is -0.441. The van der Waals surface area contributed by atoms with E-state index in [0.29, 0.717) is 11.4 Å². The van der Waals surface area contributed by atoms with Gasteiger partial charge in [0.1, 0.15) is 0 Å². The van der Waals surface area contributed by atoms with Crippen molar-refractivity contribution < 1.29 is 6.85 Å². The Kier molecular flexibility index (Phi) is 20.8. The first-order valence-electron chi connectivity index (χ1n) is 49.2. The molecule has 6 nitrogen and oxygen atoms in total. The van der Waals surface area contributed by atoms with Gasteiger partial charge in [0, 0.05) is 148 Å². The predicted molar refractivity (Wildman–Crippen MR) is 589 cm³/mol. The number of para-hydroxylation sites is 5. The average Bonchev–Trinajstić information content (AvgIpc) is 1.49. The maximum Gasteiger partial charge on any atom is 0.0645 e. The van der Waals surface area contributed by atoms with Crippen molar-refractivity contribution in [1.29, 1.82) is 0 Å². The van der Waals surface area contributed by atoms with Crippen molar-refractivity contribution in [1.82, 2.24) is 0 Å². The van der Waals surface area contributed by atoms with Crippen molar-refractivity contribution in [3.63, 3.8) is 0 Å². The molecule has 0 fully saturated rings. The van der Waals surface area contributed by atoms with Crippen LogP contribution in [0.1, 0.15) is 58.2 Å². The second kappa shape index (κ2) is 36.1. The molecule has 0 radical (unpaired) electrons. The highest BCUT2D eigenvalue weighted by atomic mass is 32.1. The molecule has 0 saturated carbocycles. The lowest BCUT2D eigenvalue weighted by Gasteiger charge is -2.31. The standard InChI is InChI=1S/C69H55N3S.C60H43N3S/c1-68(2,3)48-23-19-28-51(41-48)71(53-34-37-59-58-31-16-17-32-62(58)69(4,5)63(59)43-53)54-35-38-60-61-42-52(36-39-66(61)73-67(60)45-54)72(64-33-18-22-46-20-12-14-29-56(46)64)65-44-55(40-47-21-13-15-30-57(47)65)70(49-24-8-6-9-25-49)50-26-10-7-11-27-50;1-6-17-44(18-7-1)46-29-33-51(34-30-46)61(48-21-10-3-11-22-48)53-27-16-28-54(41-53)63(50-25-14-5-15-26-50)55-38-40-59-58(42-55)57-39-37-56(43-60(57)64-59)62(49-23-12-4-13-24-49)52-35-31-47(32-36-52)45-19-8-2-9-20-45/h6-45H,1-5H3;1-43H/i;5D,14D,15D,25D,26D. The molecule has 23 aromatic rings. The van der Waals surface area contributed by atoms with Crippen molar-refractivity contribution in [2.75, 3.05) is 29.4 Å². The summed E-state index contributed by atoms with van der Waals surface area (Å²) in [6.07, 6.45) is 0. The van der Waals surface area contributed by atoms with Gasteiger partial charge in [0.15, 0.2) is 0 Å². The van der Waals surface area contributed by atoms with Crippen molar-refractivity contribution in [2.45, 2.75) is 45.4 Å². The van der Waals surface area contributed by atoms with Crippen LogP contribution >= 0.6 is 22.7 Å². The van der Waals surface area contributed by atoms with Crippen LogP contribution in [0.4, 0.5) is 102 Å². The Morgan fingerprint density at radius 1 is 0.212 bits per heavy atom. The maximum atomic E-state index is 9.26. The second-order valence-corrected chi connectivity index (χ2v) is 38.7. The second-order valence-electron chi connectivity index (χ2n) is 36.5. The quantitative estimate of drug-likeness (QED) is 0.0752. The molecule has 656 valence electrons. The summed E-state index contributed by atoms with van der Waals surface area (Å²) in [5.74, 6) is 0. The molecule has 0 saturated heterocycles. The monoisotopic (exact) mass is 1800 g/mol.